The Bertz CT molecular complexity index is 957. The first-order valence-electron chi connectivity index (χ1n) is 11.6. The minimum absolute atomic E-state index is 0. The number of hydrogen-bond donors (Lipinski definition) is 0. The molecule has 0 aliphatic heterocycles. The molecule has 0 atom stereocenters. The van der Waals surface area contributed by atoms with Crippen LogP contribution in [-0.4, -0.2) is 15.0 Å². The molecule has 6 heteroatoms. The third kappa shape index (κ3) is 11.2. The minimum Gasteiger partial charge on any atom is -0.247 e. The van der Waals surface area contributed by atoms with Gasteiger partial charge in [0.1, 0.15) is 0 Å². The number of rotatable bonds is 0. The molecular formula is C29H53N3S3. The van der Waals surface area contributed by atoms with Crippen LogP contribution in [0.4, 0.5) is 0 Å². The highest BCUT2D eigenvalue weighted by atomic mass is 32.1. The zero-order valence-corrected chi connectivity index (χ0v) is 26.0. The number of hydrogen-bond acceptors (Lipinski definition) is 6. The first-order chi connectivity index (χ1) is 14.7. The zero-order chi connectivity index (χ0) is 25.9. The molecule has 0 saturated heterocycles. The second-order valence-electron chi connectivity index (χ2n) is 11.7. The Balaban J connectivity index is 0. The van der Waals surface area contributed by atoms with Gasteiger partial charge in [-0.15, -0.1) is 34.0 Å². The second kappa shape index (κ2) is 13.4. The normalized spacial score (nSPS) is 11.4. The van der Waals surface area contributed by atoms with E-state index in [0.717, 1.165) is 0 Å². The van der Waals surface area contributed by atoms with Crippen LogP contribution in [-0.2, 0) is 16.2 Å². The molecule has 0 amide bonds. The highest BCUT2D eigenvalue weighted by molar-refractivity contribution is 7.12. The van der Waals surface area contributed by atoms with Crippen molar-refractivity contribution in [3.63, 3.8) is 0 Å². The summed E-state index contributed by atoms with van der Waals surface area (Å²) in [6, 6.07) is 0. The fourth-order valence-corrected chi connectivity index (χ4v) is 6.22. The van der Waals surface area contributed by atoms with Crippen LogP contribution in [0.3, 0.4) is 0 Å². The molecular weight excluding hydrogens is 487 g/mol. The summed E-state index contributed by atoms with van der Waals surface area (Å²) in [5.74, 6) is 0. The molecule has 0 saturated carbocycles. The molecule has 3 heterocycles. The van der Waals surface area contributed by atoms with Gasteiger partial charge in [0, 0.05) is 25.5 Å². The Morgan fingerprint density at radius 1 is 0.486 bits per heavy atom. The van der Waals surface area contributed by atoms with Gasteiger partial charge in [-0.3, -0.25) is 0 Å². The summed E-state index contributed by atoms with van der Waals surface area (Å²) in [5.41, 5.74) is 4.30. The molecule has 0 aromatic carbocycles. The maximum atomic E-state index is 4.50. The van der Waals surface area contributed by atoms with Gasteiger partial charge in [0.2, 0.25) is 0 Å². The standard InChI is InChI=1S/3C9H15NS.2CH4/c1-6-8(9(3,4)5)10-7(2)11-6;1-6-8(9(3,4)5)11-7(2)10-6;1-6-7(2)11-8(10-6)9(3,4)5;;/h3*1-5H3;2*1H4. The largest absolute Gasteiger partial charge is 0.247 e. The Morgan fingerprint density at radius 2 is 0.971 bits per heavy atom. The van der Waals surface area contributed by atoms with Crippen molar-refractivity contribution in [1.29, 1.82) is 0 Å². The van der Waals surface area contributed by atoms with Gasteiger partial charge in [0.25, 0.3) is 0 Å². The van der Waals surface area contributed by atoms with Gasteiger partial charge in [-0.2, -0.15) is 0 Å². The minimum atomic E-state index is 0. The van der Waals surface area contributed by atoms with Crippen LogP contribution in [0.5, 0.6) is 0 Å². The number of nitrogens with zero attached hydrogens (tertiary/aromatic N) is 3. The van der Waals surface area contributed by atoms with Gasteiger partial charge in [0.05, 0.1) is 32.1 Å². The second-order valence-corrected chi connectivity index (χ2v) is 15.5. The first kappa shape index (κ1) is 36.0. The smallest absolute Gasteiger partial charge is 0.0984 e. The van der Waals surface area contributed by atoms with Crippen molar-refractivity contribution in [3.8, 4) is 0 Å². The van der Waals surface area contributed by atoms with Crippen molar-refractivity contribution in [2.75, 3.05) is 0 Å². The monoisotopic (exact) mass is 539 g/mol. The number of thiazole rings is 3. The third-order valence-electron chi connectivity index (χ3n) is 4.87. The molecule has 0 aliphatic rings. The van der Waals surface area contributed by atoms with Crippen molar-refractivity contribution in [3.05, 3.63) is 46.7 Å². The Morgan fingerprint density at radius 3 is 1.14 bits per heavy atom. The van der Waals surface area contributed by atoms with E-state index in [0.29, 0.717) is 0 Å². The lowest BCUT2D eigenvalue weighted by atomic mass is 9.92. The van der Waals surface area contributed by atoms with Crippen LogP contribution in [0.1, 0.15) is 124 Å². The van der Waals surface area contributed by atoms with E-state index in [1.54, 1.807) is 11.3 Å². The lowest BCUT2D eigenvalue weighted by molar-refractivity contribution is 0.568. The summed E-state index contributed by atoms with van der Waals surface area (Å²) in [7, 11) is 0. The average Bonchev–Trinajstić information content (AvgIpc) is 3.25. The molecule has 0 fully saturated rings. The van der Waals surface area contributed by atoms with Crippen LogP contribution in [0.25, 0.3) is 0 Å². The number of aromatic nitrogens is 3. The molecule has 35 heavy (non-hydrogen) atoms. The van der Waals surface area contributed by atoms with Crippen molar-refractivity contribution in [1.82, 2.24) is 15.0 Å². The zero-order valence-electron chi connectivity index (χ0n) is 23.6. The molecule has 0 bridgehead atoms. The van der Waals surface area contributed by atoms with Gasteiger partial charge in [0.15, 0.2) is 0 Å². The quantitative estimate of drug-likeness (QED) is 0.285. The van der Waals surface area contributed by atoms with Crippen LogP contribution in [0.15, 0.2) is 0 Å². The van der Waals surface area contributed by atoms with Crippen LogP contribution < -0.4 is 0 Å². The molecule has 202 valence electrons. The van der Waals surface area contributed by atoms with Crippen LogP contribution >= 0.6 is 34.0 Å². The molecule has 0 N–H and O–H groups in total. The highest BCUT2D eigenvalue weighted by Gasteiger charge is 2.20. The number of aryl methyl sites for hydroxylation is 6. The summed E-state index contributed by atoms with van der Waals surface area (Å²) in [5, 5.41) is 3.59. The molecule has 3 aromatic rings. The molecule has 0 unspecified atom stereocenters. The molecule has 0 radical (unpaired) electrons. The summed E-state index contributed by atoms with van der Waals surface area (Å²) in [4.78, 5) is 17.5. The van der Waals surface area contributed by atoms with Gasteiger partial charge < -0.3 is 0 Å². The van der Waals surface area contributed by atoms with Crippen molar-refractivity contribution in [2.45, 2.75) is 135 Å². The average molecular weight is 540 g/mol. The van der Waals surface area contributed by atoms with E-state index < -0.39 is 0 Å². The van der Waals surface area contributed by atoms with Gasteiger partial charge >= 0.3 is 0 Å². The summed E-state index contributed by atoms with van der Waals surface area (Å²) in [6.45, 7) is 32.4. The van der Waals surface area contributed by atoms with E-state index in [1.165, 1.54) is 46.7 Å². The van der Waals surface area contributed by atoms with Crippen molar-refractivity contribution >= 4 is 34.0 Å². The lowest BCUT2D eigenvalue weighted by Gasteiger charge is -2.16. The van der Waals surface area contributed by atoms with E-state index in [2.05, 4.69) is 119 Å². The first-order valence-corrected chi connectivity index (χ1v) is 14.0. The van der Waals surface area contributed by atoms with Gasteiger partial charge in [-0.1, -0.05) is 77.2 Å². The SMILES string of the molecule is C.C.Cc1nc(C(C)(C)C)c(C)s1.Cc1nc(C(C)(C)C)sc1C.Cc1nc(C)c(C(C)(C)C)s1. The van der Waals surface area contributed by atoms with Crippen LogP contribution in [0, 0.1) is 41.5 Å². The van der Waals surface area contributed by atoms with E-state index >= 15 is 0 Å². The van der Waals surface area contributed by atoms with Gasteiger partial charge in [-0.25, -0.2) is 15.0 Å². The predicted octanol–water partition coefficient (Wildman–Crippen LogP) is 10.4. The fourth-order valence-electron chi connectivity index (χ4n) is 3.25. The van der Waals surface area contributed by atoms with Crippen LogP contribution in [0.2, 0.25) is 0 Å². The Kier molecular flexibility index (Phi) is 13.8. The molecule has 3 rings (SSSR count). The van der Waals surface area contributed by atoms with E-state index in [1.807, 2.05) is 22.7 Å². The fraction of sp³-hybridized carbons (Fsp3) is 0.690. The lowest BCUT2D eigenvalue weighted by Crippen LogP contribution is -2.12. The van der Waals surface area contributed by atoms with Crippen molar-refractivity contribution in [2.24, 2.45) is 0 Å². The Hall–Kier alpha value is -1.11. The maximum absolute atomic E-state index is 4.50. The molecule has 3 aromatic heterocycles. The van der Waals surface area contributed by atoms with E-state index in [-0.39, 0.29) is 31.1 Å². The maximum Gasteiger partial charge on any atom is 0.0984 e. The van der Waals surface area contributed by atoms with E-state index in [4.69, 9.17) is 0 Å². The molecule has 3 nitrogen and oxygen atoms in total. The summed E-state index contributed by atoms with van der Waals surface area (Å²) >= 11 is 5.41. The highest BCUT2D eigenvalue weighted by Crippen LogP contribution is 2.31. The molecule has 0 spiro atoms. The summed E-state index contributed by atoms with van der Waals surface area (Å²) in [6.07, 6.45) is 0. The van der Waals surface area contributed by atoms with Gasteiger partial charge in [-0.05, 0) is 47.0 Å². The Labute approximate surface area is 229 Å². The molecule has 0 aliphatic carbocycles. The van der Waals surface area contributed by atoms with Crippen molar-refractivity contribution < 1.29 is 0 Å². The predicted molar refractivity (Wildman–Crippen MR) is 164 cm³/mol. The summed E-state index contributed by atoms with van der Waals surface area (Å²) < 4.78 is 0. The van der Waals surface area contributed by atoms with E-state index in [9.17, 15) is 0 Å². The topological polar surface area (TPSA) is 38.7 Å². The third-order valence-corrected chi connectivity index (χ3v) is 8.75.